The lowest BCUT2D eigenvalue weighted by Crippen LogP contribution is -2.40. The standard InChI is InChI=1S/C17H17N3O4/c21-15-7-5-12(19-20-15)16(22)18-11-4-6-13-14(10-11)24-17(23-13)8-2-1-3-9-17/h4-7,10H,1-3,8-9H2,(H,18,22)(H,20,21). The number of aromatic nitrogens is 2. The molecule has 124 valence electrons. The monoisotopic (exact) mass is 327 g/mol. The van der Waals surface area contributed by atoms with E-state index in [4.69, 9.17) is 9.47 Å². The van der Waals surface area contributed by atoms with Crippen LogP contribution < -0.4 is 20.3 Å². The molecule has 24 heavy (non-hydrogen) atoms. The maximum absolute atomic E-state index is 12.2. The van der Waals surface area contributed by atoms with E-state index in [0.717, 1.165) is 25.7 Å². The van der Waals surface area contributed by atoms with Gasteiger partial charge in [-0.1, -0.05) is 6.42 Å². The van der Waals surface area contributed by atoms with Gasteiger partial charge >= 0.3 is 0 Å². The number of aromatic amines is 1. The zero-order chi connectivity index (χ0) is 16.6. The maximum atomic E-state index is 12.2. The molecule has 2 aromatic rings. The lowest BCUT2D eigenvalue weighted by atomic mass is 9.94. The van der Waals surface area contributed by atoms with Crippen molar-refractivity contribution in [3.8, 4) is 11.5 Å². The molecule has 2 aliphatic rings. The highest BCUT2D eigenvalue weighted by molar-refractivity contribution is 6.02. The Labute approximate surface area is 138 Å². The van der Waals surface area contributed by atoms with Gasteiger partial charge in [0.2, 0.25) is 0 Å². The first-order valence-corrected chi connectivity index (χ1v) is 8.03. The van der Waals surface area contributed by atoms with Gasteiger partial charge in [0.1, 0.15) is 5.69 Å². The largest absolute Gasteiger partial charge is 0.448 e. The highest BCUT2D eigenvalue weighted by Gasteiger charge is 2.42. The SMILES string of the molecule is O=C(Nc1ccc2c(c1)OC1(CCCCC1)O2)c1ccc(=O)[nH]n1. The van der Waals surface area contributed by atoms with E-state index in [2.05, 4.69) is 15.5 Å². The van der Waals surface area contributed by atoms with Crippen molar-refractivity contribution >= 4 is 11.6 Å². The molecule has 7 nitrogen and oxygen atoms in total. The average Bonchev–Trinajstić information content (AvgIpc) is 2.92. The number of amides is 1. The smallest absolute Gasteiger partial charge is 0.276 e. The molecule has 1 amide bonds. The molecule has 1 spiro atoms. The Balaban J connectivity index is 1.51. The number of hydrogen-bond donors (Lipinski definition) is 2. The Morgan fingerprint density at radius 1 is 1.08 bits per heavy atom. The fourth-order valence-electron chi connectivity index (χ4n) is 3.13. The number of nitrogens with zero attached hydrogens (tertiary/aromatic N) is 1. The van der Waals surface area contributed by atoms with Gasteiger partial charge in [-0.25, -0.2) is 5.10 Å². The summed E-state index contributed by atoms with van der Waals surface area (Å²) in [4.78, 5) is 23.2. The number of H-pyrrole nitrogens is 1. The van der Waals surface area contributed by atoms with E-state index in [0.29, 0.717) is 17.2 Å². The van der Waals surface area contributed by atoms with Crippen LogP contribution >= 0.6 is 0 Å². The van der Waals surface area contributed by atoms with E-state index in [1.165, 1.54) is 18.6 Å². The van der Waals surface area contributed by atoms with Crippen molar-refractivity contribution in [3.05, 3.63) is 46.4 Å². The van der Waals surface area contributed by atoms with Crippen molar-refractivity contribution in [3.63, 3.8) is 0 Å². The first-order valence-electron chi connectivity index (χ1n) is 8.03. The van der Waals surface area contributed by atoms with Crippen LogP contribution in [0.1, 0.15) is 42.6 Å². The van der Waals surface area contributed by atoms with E-state index >= 15 is 0 Å². The molecule has 0 unspecified atom stereocenters. The van der Waals surface area contributed by atoms with Crippen LogP contribution in [0, 0.1) is 0 Å². The van der Waals surface area contributed by atoms with Crippen molar-refractivity contribution in [2.24, 2.45) is 0 Å². The van der Waals surface area contributed by atoms with Crippen LogP contribution in [-0.4, -0.2) is 21.9 Å². The molecule has 1 aromatic heterocycles. The minimum absolute atomic E-state index is 0.135. The molecule has 7 heteroatoms. The molecule has 2 N–H and O–H groups in total. The fourth-order valence-corrected chi connectivity index (χ4v) is 3.13. The molecule has 0 bridgehead atoms. The van der Waals surface area contributed by atoms with Gasteiger partial charge in [-0.05, 0) is 31.0 Å². The lowest BCUT2D eigenvalue weighted by molar-refractivity contribution is -0.105. The molecule has 0 radical (unpaired) electrons. The van der Waals surface area contributed by atoms with Crippen LogP contribution in [0.25, 0.3) is 0 Å². The van der Waals surface area contributed by atoms with Gasteiger partial charge in [0, 0.05) is 30.7 Å². The van der Waals surface area contributed by atoms with Crippen LogP contribution in [0.3, 0.4) is 0 Å². The molecule has 1 aromatic carbocycles. The highest BCUT2D eigenvalue weighted by Crippen LogP contribution is 2.46. The topological polar surface area (TPSA) is 93.3 Å². The van der Waals surface area contributed by atoms with Gasteiger partial charge in [-0.2, -0.15) is 5.10 Å². The van der Waals surface area contributed by atoms with Gasteiger partial charge in [0.25, 0.3) is 17.3 Å². The quantitative estimate of drug-likeness (QED) is 0.884. The van der Waals surface area contributed by atoms with E-state index in [1.54, 1.807) is 18.2 Å². The number of ether oxygens (including phenoxy) is 2. The third-order valence-corrected chi connectivity index (χ3v) is 4.32. The molecule has 0 atom stereocenters. The number of rotatable bonds is 2. The lowest BCUT2D eigenvalue weighted by Gasteiger charge is -2.31. The fraction of sp³-hybridized carbons (Fsp3) is 0.353. The molecule has 4 rings (SSSR count). The summed E-state index contributed by atoms with van der Waals surface area (Å²) in [5.41, 5.74) is 0.367. The summed E-state index contributed by atoms with van der Waals surface area (Å²) in [5.74, 6) is 0.405. The van der Waals surface area contributed by atoms with E-state index < -0.39 is 11.7 Å². The summed E-state index contributed by atoms with van der Waals surface area (Å²) in [5, 5.41) is 8.69. The van der Waals surface area contributed by atoms with Gasteiger partial charge < -0.3 is 14.8 Å². The van der Waals surface area contributed by atoms with E-state index in [-0.39, 0.29) is 11.3 Å². The van der Waals surface area contributed by atoms with Crippen molar-refractivity contribution in [1.82, 2.24) is 10.2 Å². The van der Waals surface area contributed by atoms with Crippen molar-refractivity contribution in [2.45, 2.75) is 37.9 Å². The third-order valence-electron chi connectivity index (χ3n) is 4.32. The van der Waals surface area contributed by atoms with Gasteiger partial charge in [0.05, 0.1) is 0 Å². The second-order valence-corrected chi connectivity index (χ2v) is 6.10. The van der Waals surface area contributed by atoms with Crippen LogP contribution in [0.5, 0.6) is 11.5 Å². The number of carbonyl (C=O) groups is 1. The van der Waals surface area contributed by atoms with Gasteiger partial charge in [-0.15, -0.1) is 0 Å². The molecule has 1 saturated carbocycles. The predicted octanol–water partition coefficient (Wildman–Crippen LogP) is 2.45. The number of fused-ring (bicyclic) bond motifs is 1. The van der Waals surface area contributed by atoms with Crippen molar-refractivity contribution < 1.29 is 14.3 Å². The summed E-state index contributed by atoms with van der Waals surface area (Å²) in [7, 11) is 0. The summed E-state index contributed by atoms with van der Waals surface area (Å²) in [6.45, 7) is 0. The van der Waals surface area contributed by atoms with Gasteiger partial charge in [-0.3, -0.25) is 9.59 Å². The Morgan fingerprint density at radius 3 is 2.62 bits per heavy atom. The molecular weight excluding hydrogens is 310 g/mol. The minimum Gasteiger partial charge on any atom is -0.448 e. The third kappa shape index (κ3) is 2.73. The Hall–Kier alpha value is -2.83. The van der Waals surface area contributed by atoms with Crippen molar-refractivity contribution in [2.75, 3.05) is 5.32 Å². The summed E-state index contributed by atoms with van der Waals surface area (Å²) in [6.07, 6.45) is 5.15. The summed E-state index contributed by atoms with van der Waals surface area (Å²) < 4.78 is 12.0. The number of carbonyl (C=O) groups excluding carboxylic acids is 1. The highest BCUT2D eigenvalue weighted by atomic mass is 16.7. The van der Waals surface area contributed by atoms with Crippen LogP contribution in [0.15, 0.2) is 35.1 Å². The maximum Gasteiger partial charge on any atom is 0.276 e. The van der Waals surface area contributed by atoms with Crippen LogP contribution in [0.2, 0.25) is 0 Å². The molecule has 1 aliphatic heterocycles. The van der Waals surface area contributed by atoms with Crippen LogP contribution in [0.4, 0.5) is 5.69 Å². The molecule has 0 saturated heterocycles. The Kier molecular flexibility index (Phi) is 3.48. The van der Waals surface area contributed by atoms with Gasteiger partial charge in [0.15, 0.2) is 11.5 Å². The van der Waals surface area contributed by atoms with E-state index in [1.807, 2.05) is 0 Å². The number of hydrogen-bond acceptors (Lipinski definition) is 5. The summed E-state index contributed by atoms with van der Waals surface area (Å²) in [6, 6.07) is 7.94. The zero-order valence-electron chi connectivity index (χ0n) is 13.0. The molecular formula is C17H17N3O4. The number of anilines is 1. The minimum atomic E-state index is -0.538. The average molecular weight is 327 g/mol. The second kappa shape index (κ2) is 5.67. The summed E-state index contributed by atoms with van der Waals surface area (Å²) >= 11 is 0. The van der Waals surface area contributed by atoms with E-state index in [9.17, 15) is 9.59 Å². The zero-order valence-corrected chi connectivity index (χ0v) is 13.0. The molecule has 1 fully saturated rings. The van der Waals surface area contributed by atoms with Crippen molar-refractivity contribution in [1.29, 1.82) is 0 Å². The first-order chi connectivity index (χ1) is 11.6. The first kappa shape index (κ1) is 14.7. The predicted molar refractivity (Wildman–Crippen MR) is 86.3 cm³/mol. The second-order valence-electron chi connectivity index (χ2n) is 6.10. The Bertz CT molecular complexity index is 819. The van der Waals surface area contributed by atoms with Crippen LogP contribution in [-0.2, 0) is 0 Å². The normalized spacial score (nSPS) is 17.7. The molecule has 1 aliphatic carbocycles. The number of nitrogens with one attached hydrogen (secondary N) is 2. The number of benzene rings is 1. The Morgan fingerprint density at radius 2 is 1.88 bits per heavy atom. The molecule has 2 heterocycles.